The van der Waals surface area contributed by atoms with E-state index in [0.717, 1.165) is 25.9 Å². The fourth-order valence-electron chi connectivity index (χ4n) is 2.53. The minimum Gasteiger partial charge on any atom is -0.496 e. The predicted molar refractivity (Wildman–Crippen MR) is 80.4 cm³/mol. The molecule has 6 nitrogen and oxygen atoms in total. The summed E-state index contributed by atoms with van der Waals surface area (Å²) >= 11 is 5.47. The van der Waals surface area contributed by atoms with Crippen LogP contribution >= 0.6 is 11.6 Å². The summed E-state index contributed by atoms with van der Waals surface area (Å²) in [4.78, 5) is 24.1. The normalized spacial score (nSPS) is 15.9. The van der Waals surface area contributed by atoms with Gasteiger partial charge in [0.1, 0.15) is 11.4 Å². The van der Waals surface area contributed by atoms with Crippen LogP contribution in [-0.4, -0.2) is 30.4 Å². The number of ether oxygens (including phenoxy) is 1. The van der Waals surface area contributed by atoms with E-state index in [4.69, 9.17) is 16.3 Å². The maximum absolute atomic E-state index is 11.4. The molecule has 0 amide bonds. The van der Waals surface area contributed by atoms with Gasteiger partial charge in [-0.2, -0.15) is 0 Å². The number of hydrogen-bond acceptors (Lipinski definition) is 5. The Balaban J connectivity index is 2.48. The first-order valence-corrected chi connectivity index (χ1v) is 7.13. The van der Waals surface area contributed by atoms with Crippen molar-refractivity contribution in [2.75, 3.05) is 25.1 Å². The van der Waals surface area contributed by atoms with Gasteiger partial charge in [-0.3, -0.25) is 14.9 Å². The summed E-state index contributed by atoms with van der Waals surface area (Å²) in [6, 6.07) is 2.73. The molecule has 0 radical (unpaired) electrons. The zero-order valence-corrected chi connectivity index (χ0v) is 12.7. The van der Waals surface area contributed by atoms with E-state index >= 15 is 0 Å². The van der Waals surface area contributed by atoms with Gasteiger partial charge in [-0.1, -0.05) is 6.92 Å². The van der Waals surface area contributed by atoms with Crippen molar-refractivity contribution >= 4 is 28.2 Å². The second kappa shape index (κ2) is 6.30. The quantitative estimate of drug-likeness (QED) is 0.485. The number of hydrogen-bond donors (Lipinski definition) is 0. The molecule has 2 rings (SSSR count). The molecular weight excluding hydrogens is 296 g/mol. The molecular formula is C14H17ClN2O4. The van der Waals surface area contributed by atoms with Crippen molar-refractivity contribution in [2.45, 2.75) is 19.8 Å². The lowest BCUT2D eigenvalue weighted by atomic mass is 9.98. The van der Waals surface area contributed by atoms with Gasteiger partial charge in [0.15, 0.2) is 0 Å². The molecule has 1 fully saturated rings. The molecule has 0 saturated carbocycles. The number of methoxy groups -OCH3 is 1. The van der Waals surface area contributed by atoms with Crippen LogP contribution < -0.4 is 9.64 Å². The maximum atomic E-state index is 11.4. The standard InChI is InChI=1S/C14H17ClN2O4/c1-9-3-5-16(6-4-9)11-8-13(21-2)10(14(15)18)7-12(11)17(19)20/h7-9H,3-6H2,1-2H3. The molecule has 0 unspecified atom stereocenters. The smallest absolute Gasteiger partial charge is 0.293 e. The molecule has 0 aliphatic carbocycles. The monoisotopic (exact) mass is 312 g/mol. The minimum absolute atomic E-state index is 0.0139. The van der Waals surface area contributed by atoms with Gasteiger partial charge >= 0.3 is 0 Å². The highest BCUT2D eigenvalue weighted by atomic mass is 35.5. The Bertz CT molecular complexity index is 568. The highest BCUT2D eigenvalue weighted by molar-refractivity contribution is 6.68. The van der Waals surface area contributed by atoms with Gasteiger partial charge in [-0.15, -0.1) is 0 Å². The Morgan fingerprint density at radius 3 is 2.52 bits per heavy atom. The fraction of sp³-hybridized carbons (Fsp3) is 0.500. The summed E-state index contributed by atoms with van der Waals surface area (Å²) in [5, 5.41) is 10.5. The molecule has 0 spiro atoms. The number of nitrogens with zero attached hydrogens (tertiary/aromatic N) is 2. The summed E-state index contributed by atoms with van der Waals surface area (Å²) < 4.78 is 5.14. The Morgan fingerprint density at radius 2 is 2.05 bits per heavy atom. The van der Waals surface area contributed by atoms with Gasteiger partial charge in [-0.05, 0) is 30.4 Å². The highest BCUT2D eigenvalue weighted by Gasteiger charge is 2.27. The van der Waals surface area contributed by atoms with E-state index in [1.807, 2.05) is 4.90 Å². The Morgan fingerprint density at radius 1 is 1.43 bits per heavy atom. The second-order valence-corrected chi connectivity index (χ2v) is 5.58. The van der Waals surface area contributed by atoms with Gasteiger partial charge < -0.3 is 9.64 Å². The van der Waals surface area contributed by atoms with E-state index in [-0.39, 0.29) is 17.0 Å². The van der Waals surface area contributed by atoms with E-state index in [9.17, 15) is 14.9 Å². The predicted octanol–water partition coefficient (Wildman–Crippen LogP) is 3.22. The van der Waals surface area contributed by atoms with Crippen LogP contribution in [0.15, 0.2) is 12.1 Å². The molecule has 0 atom stereocenters. The van der Waals surface area contributed by atoms with Crippen LogP contribution in [0, 0.1) is 16.0 Å². The molecule has 1 aromatic carbocycles. The van der Waals surface area contributed by atoms with Crippen LogP contribution in [0.2, 0.25) is 0 Å². The summed E-state index contributed by atoms with van der Waals surface area (Å²) in [7, 11) is 1.41. The van der Waals surface area contributed by atoms with E-state index < -0.39 is 10.2 Å². The first-order chi connectivity index (χ1) is 9.93. The van der Waals surface area contributed by atoms with E-state index in [1.54, 1.807) is 0 Å². The lowest BCUT2D eigenvalue weighted by molar-refractivity contribution is -0.384. The first-order valence-electron chi connectivity index (χ1n) is 6.75. The van der Waals surface area contributed by atoms with Gasteiger partial charge in [0.25, 0.3) is 10.9 Å². The SMILES string of the molecule is COc1cc(N2CCC(C)CC2)c([N+](=O)[O-])cc1C(=O)Cl. The lowest BCUT2D eigenvalue weighted by Gasteiger charge is -2.32. The summed E-state index contributed by atoms with van der Waals surface area (Å²) in [6.45, 7) is 3.67. The largest absolute Gasteiger partial charge is 0.496 e. The average molecular weight is 313 g/mol. The number of benzene rings is 1. The van der Waals surface area contributed by atoms with Crippen molar-refractivity contribution in [1.82, 2.24) is 0 Å². The molecule has 0 aromatic heterocycles. The lowest BCUT2D eigenvalue weighted by Crippen LogP contribution is -2.33. The highest BCUT2D eigenvalue weighted by Crippen LogP contribution is 2.37. The Labute approximate surface area is 127 Å². The van der Waals surface area contributed by atoms with Gasteiger partial charge in [-0.25, -0.2) is 0 Å². The van der Waals surface area contributed by atoms with Crippen molar-refractivity contribution in [3.63, 3.8) is 0 Å². The number of anilines is 1. The zero-order valence-electron chi connectivity index (χ0n) is 12.0. The molecule has 21 heavy (non-hydrogen) atoms. The topological polar surface area (TPSA) is 72.7 Å². The molecule has 1 aliphatic rings. The number of rotatable bonds is 4. The number of carbonyl (C=O) groups excluding carboxylic acids is 1. The summed E-state index contributed by atoms with van der Waals surface area (Å²) in [6.07, 6.45) is 1.96. The third kappa shape index (κ3) is 3.26. The van der Waals surface area contributed by atoms with Gasteiger partial charge in [0.05, 0.1) is 17.6 Å². The van der Waals surface area contributed by atoms with E-state index in [0.29, 0.717) is 11.6 Å². The van der Waals surface area contributed by atoms with Crippen LogP contribution in [0.5, 0.6) is 5.75 Å². The molecule has 0 bridgehead atoms. The van der Waals surface area contributed by atoms with E-state index in [1.165, 1.54) is 19.2 Å². The molecule has 114 valence electrons. The summed E-state index contributed by atoms with van der Waals surface area (Å²) in [5.74, 6) is 0.875. The third-order valence-corrected chi connectivity index (χ3v) is 4.03. The Kier molecular flexibility index (Phi) is 4.67. The Hall–Kier alpha value is -1.82. The molecule has 1 saturated heterocycles. The maximum Gasteiger partial charge on any atom is 0.293 e. The van der Waals surface area contributed by atoms with Crippen LogP contribution in [0.4, 0.5) is 11.4 Å². The number of nitro groups is 1. The third-order valence-electron chi connectivity index (χ3n) is 3.83. The molecule has 1 aromatic rings. The number of piperidine rings is 1. The van der Waals surface area contributed by atoms with Gasteiger partial charge in [0, 0.05) is 25.2 Å². The fourth-order valence-corrected chi connectivity index (χ4v) is 2.68. The van der Waals surface area contributed by atoms with Crippen LogP contribution in [0.3, 0.4) is 0 Å². The first kappa shape index (κ1) is 15.6. The van der Waals surface area contributed by atoms with Crippen molar-refractivity contribution in [1.29, 1.82) is 0 Å². The number of carbonyl (C=O) groups is 1. The van der Waals surface area contributed by atoms with Crippen LogP contribution in [0.1, 0.15) is 30.1 Å². The summed E-state index contributed by atoms with van der Waals surface area (Å²) in [5.41, 5.74) is 0.375. The second-order valence-electron chi connectivity index (χ2n) is 5.24. The van der Waals surface area contributed by atoms with Crippen LogP contribution in [0.25, 0.3) is 0 Å². The van der Waals surface area contributed by atoms with Gasteiger partial charge in [0.2, 0.25) is 0 Å². The van der Waals surface area contributed by atoms with Crippen molar-refractivity contribution in [3.05, 3.63) is 27.8 Å². The van der Waals surface area contributed by atoms with Crippen LogP contribution in [-0.2, 0) is 0 Å². The molecule has 7 heteroatoms. The molecule has 1 aliphatic heterocycles. The zero-order chi connectivity index (χ0) is 15.6. The number of nitro benzene ring substituents is 1. The van der Waals surface area contributed by atoms with Crippen molar-refractivity contribution in [3.8, 4) is 5.75 Å². The molecule has 1 heterocycles. The van der Waals surface area contributed by atoms with Crippen molar-refractivity contribution in [2.24, 2.45) is 5.92 Å². The molecule has 0 N–H and O–H groups in total. The minimum atomic E-state index is -0.770. The van der Waals surface area contributed by atoms with Crippen molar-refractivity contribution < 1.29 is 14.5 Å². The number of halogens is 1. The van der Waals surface area contributed by atoms with E-state index in [2.05, 4.69) is 6.92 Å². The average Bonchev–Trinajstić information content (AvgIpc) is 2.46.